The first-order chi connectivity index (χ1) is 12.8. The Bertz CT molecular complexity index is 955. The van der Waals surface area contributed by atoms with Crippen LogP contribution in [0.5, 0.6) is 0 Å². The molecular formula is C20H16F3N3O. The first-order valence-electron chi connectivity index (χ1n) is 8.10. The zero-order valence-corrected chi connectivity index (χ0v) is 14.3. The Morgan fingerprint density at radius 1 is 1.07 bits per heavy atom. The van der Waals surface area contributed by atoms with Crippen LogP contribution in [0.2, 0.25) is 0 Å². The normalized spacial score (nSPS) is 11.7. The zero-order valence-electron chi connectivity index (χ0n) is 14.3. The minimum absolute atomic E-state index is 0.354. The highest BCUT2D eigenvalue weighted by molar-refractivity contribution is 6.01. The van der Waals surface area contributed by atoms with E-state index in [1.165, 1.54) is 24.3 Å². The molecule has 0 spiro atoms. The highest BCUT2D eigenvalue weighted by atomic mass is 19.4. The number of rotatable bonds is 4. The summed E-state index contributed by atoms with van der Waals surface area (Å²) in [5.41, 5.74) is 2.59. The van der Waals surface area contributed by atoms with Gasteiger partial charge in [0, 0.05) is 12.1 Å². The van der Waals surface area contributed by atoms with Crippen LogP contribution in [0.3, 0.4) is 0 Å². The molecule has 27 heavy (non-hydrogen) atoms. The lowest BCUT2D eigenvalue weighted by atomic mass is 10.1. The maximum absolute atomic E-state index is 12.5. The number of anilines is 1. The Morgan fingerprint density at radius 3 is 2.37 bits per heavy atom. The standard InChI is InChI=1S/C20H16F3N3O/c1-13-2-7-15(8-3-13)17-12-18(26-25-17)24-19(27)11-6-14-4-9-16(10-5-14)20(21,22)23/h2-12H,1H3,(H2,24,25,26,27)/b11-6+. The van der Waals surface area contributed by atoms with Crippen molar-refractivity contribution in [1.82, 2.24) is 10.2 Å². The first kappa shape index (κ1) is 18.4. The molecule has 138 valence electrons. The monoisotopic (exact) mass is 371 g/mol. The number of carbonyl (C=O) groups excluding carboxylic acids is 1. The molecule has 0 saturated carbocycles. The van der Waals surface area contributed by atoms with Gasteiger partial charge in [-0.3, -0.25) is 9.89 Å². The third-order valence-electron chi connectivity index (χ3n) is 3.86. The minimum atomic E-state index is -4.38. The molecule has 0 radical (unpaired) electrons. The molecule has 0 bridgehead atoms. The topological polar surface area (TPSA) is 57.8 Å². The van der Waals surface area contributed by atoms with Crippen molar-refractivity contribution in [3.63, 3.8) is 0 Å². The molecule has 0 atom stereocenters. The molecule has 0 aliphatic rings. The molecule has 3 rings (SSSR count). The van der Waals surface area contributed by atoms with Gasteiger partial charge in [0.2, 0.25) is 5.91 Å². The van der Waals surface area contributed by atoms with Crippen molar-refractivity contribution in [1.29, 1.82) is 0 Å². The predicted octanol–water partition coefficient (Wildman–Crippen LogP) is 5.06. The summed E-state index contributed by atoms with van der Waals surface area (Å²) in [6.07, 6.45) is -1.71. The quantitative estimate of drug-likeness (QED) is 0.630. The number of benzene rings is 2. The summed E-state index contributed by atoms with van der Waals surface area (Å²) in [4.78, 5) is 12.0. The van der Waals surface area contributed by atoms with Gasteiger partial charge in [-0.05, 0) is 36.3 Å². The van der Waals surface area contributed by atoms with E-state index in [4.69, 9.17) is 0 Å². The largest absolute Gasteiger partial charge is 0.416 e. The molecular weight excluding hydrogens is 355 g/mol. The van der Waals surface area contributed by atoms with E-state index in [2.05, 4.69) is 15.5 Å². The van der Waals surface area contributed by atoms with Crippen LogP contribution < -0.4 is 5.32 Å². The summed E-state index contributed by atoms with van der Waals surface area (Å²) in [5.74, 6) is -0.0792. The molecule has 0 fully saturated rings. The number of H-pyrrole nitrogens is 1. The summed E-state index contributed by atoms with van der Waals surface area (Å²) in [6.45, 7) is 1.99. The van der Waals surface area contributed by atoms with Gasteiger partial charge in [-0.2, -0.15) is 18.3 Å². The van der Waals surface area contributed by atoms with Crippen molar-refractivity contribution in [3.05, 3.63) is 77.4 Å². The lowest BCUT2D eigenvalue weighted by Gasteiger charge is -2.05. The average molecular weight is 371 g/mol. The van der Waals surface area contributed by atoms with E-state index >= 15 is 0 Å². The third kappa shape index (κ3) is 4.84. The van der Waals surface area contributed by atoms with E-state index in [0.717, 1.165) is 29.0 Å². The number of aryl methyl sites for hydroxylation is 1. The Morgan fingerprint density at radius 2 is 1.74 bits per heavy atom. The maximum Gasteiger partial charge on any atom is 0.416 e. The van der Waals surface area contributed by atoms with E-state index < -0.39 is 17.6 Å². The van der Waals surface area contributed by atoms with Crippen molar-refractivity contribution in [2.24, 2.45) is 0 Å². The number of nitrogens with zero attached hydrogens (tertiary/aromatic N) is 1. The highest BCUT2D eigenvalue weighted by Crippen LogP contribution is 2.29. The van der Waals surface area contributed by atoms with Crippen molar-refractivity contribution >= 4 is 17.8 Å². The van der Waals surface area contributed by atoms with Crippen LogP contribution in [0.25, 0.3) is 17.3 Å². The van der Waals surface area contributed by atoms with E-state index in [1.807, 2.05) is 31.2 Å². The summed E-state index contributed by atoms with van der Waals surface area (Å²) < 4.78 is 37.6. The van der Waals surface area contributed by atoms with Crippen molar-refractivity contribution < 1.29 is 18.0 Å². The van der Waals surface area contributed by atoms with Crippen molar-refractivity contribution in [2.45, 2.75) is 13.1 Å². The number of amides is 1. The fraction of sp³-hybridized carbons (Fsp3) is 0.100. The van der Waals surface area contributed by atoms with E-state index in [0.29, 0.717) is 11.4 Å². The molecule has 7 heteroatoms. The fourth-order valence-electron chi connectivity index (χ4n) is 2.39. The minimum Gasteiger partial charge on any atom is -0.306 e. The van der Waals surface area contributed by atoms with Gasteiger partial charge in [0.1, 0.15) is 0 Å². The molecule has 0 saturated heterocycles. The Kier molecular flexibility index (Phi) is 5.12. The third-order valence-corrected chi connectivity index (χ3v) is 3.86. The van der Waals surface area contributed by atoms with Gasteiger partial charge in [-0.1, -0.05) is 42.0 Å². The lowest BCUT2D eigenvalue weighted by Crippen LogP contribution is -2.08. The lowest BCUT2D eigenvalue weighted by molar-refractivity contribution is -0.137. The van der Waals surface area contributed by atoms with Crippen LogP contribution in [-0.2, 0) is 11.0 Å². The average Bonchev–Trinajstić information content (AvgIpc) is 3.08. The summed E-state index contributed by atoms with van der Waals surface area (Å²) in [6, 6.07) is 14.1. The Hall–Kier alpha value is -3.35. The number of carbonyl (C=O) groups is 1. The van der Waals surface area contributed by atoms with Gasteiger partial charge in [0.15, 0.2) is 5.82 Å². The van der Waals surface area contributed by atoms with Gasteiger partial charge in [-0.15, -0.1) is 0 Å². The van der Waals surface area contributed by atoms with Crippen LogP contribution in [0, 0.1) is 6.92 Å². The molecule has 3 aromatic rings. The summed E-state index contributed by atoms with van der Waals surface area (Å²) >= 11 is 0. The fourth-order valence-corrected chi connectivity index (χ4v) is 2.39. The summed E-state index contributed by atoms with van der Waals surface area (Å²) in [7, 11) is 0. The molecule has 2 N–H and O–H groups in total. The highest BCUT2D eigenvalue weighted by Gasteiger charge is 2.29. The van der Waals surface area contributed by atoms with Gasteiger partial charge in [0.25, 0.3) is 0 Å². The molecule has 0 aliphatic heterocycles. The Labute approximate surface area is 153 Å². The molecule has 1 amide bonds. The zero-order chi connectivity index (χ0) is 19.4. The number of alkyl halides is 3. The van der Waals surface area contributed by atoms with Gasteiger partial charge in [-0.25, -0.2) is 0 Å². The van der Waals surface area contributed by atoms with Crippen LogP contribution in [-0.4, -0.2) is 16.1 Å². The molecule has 0 aliphatic carbocycles. The number of aromatic nitrogens is 2. The second-order valence-electron chi connectivity index (χ2n) is 5.98. The van der Waals surface area contributed by atoms with Crippen molar-refractivity contribution in [2.75, 3.05) is 5.32 Å². The smallest absolute Gasteiger partial charge is 0.306 e. The number of halogens is 3. The number of aromatic amines is 1. The van der Waals surface area contributed by atoms with Crippen LogP contribution in [0.15, 0.2) is 60.7 Å². The maximum atomic E-state index is 12.5. The van der Waals surface area contributed by atoms with E-state index in [9.17, 15) is 18.0 Å². The molecule has 1 aromatic heterocycles. The SMILES string of the molecule is Cc1ccc(-c2cc(NC(=O)/C=C/c3ccc(C(F)(F)F)cc3)n[nH]2)cc1. The number of hydrogen-bond donors (Lipinski definition) is 2. The van der Waals surface area contributed by atoms with E-state index in [1.54, 1.807) is 6.07 Å². The van der Waals surface area contributed by atoms with Crippen LogP contribution >= 0.6 is 0 Å². The predicted molar refractivity (Wildman–Crippen MR) is 97.9 cm³/mol. The number of nitrogens with one attached hydrogen (secondary N) is 2. The second-order valence-corrected chi connectivity index (χ2v) is 5.98. The Balaban J connectivity index is 1.62. The van der Waals surface area contributed by atoms with E-state index in [-0.39, 0.29) is 0 Å². The van der Waals surface area contributed by atoms with Gasteiger partial charge in [0.05, 0.1) is 11.3 Å². The van der Waals surface area contributed by atoms with Gasteiger partial charge < -0.3 is 5.32 Å². The van der Waals surface area contributed by atoms with Crippen molar-refractivity contribution in [3.8, 4) is 11.3 Å². The van der Waals surface area contributed by atoms with Gasteiger partial charge >= 0.3 is 6.18 Å². The van der Waals surface area contributed by atoms with Crippen LogP contribution in [0.1, 0.15) is 16.7 Å². The first-order valence-corrected chi connectivity index (χ1v) is 8.10. The summed E-state index contributed by atoms with van der Waals surface area (Å²) in [5, 5.41) is 9.48. The van der Waals surface area contributed by atoms with Crippen LogP contribution in [0.4, 0.5) is 19.0 Å². The second kappa shape index (κ2) is 7.49. The molecule has 1 heterocycles. The molecule has 4 nitrogen and oxygen atoms in total. The number of hydrogen-bond acceptors (Lipinski definition) is 2. The molecule has 2 aromatic carbocycles. The molecule has 0 unspecified atom stereocenters.